The van der Waals surface area contributed by atoms with Crippen molar-refractivity contribution < 1.29 is 4.74 Å². The first-order valence-corrected chi connectivity index (χ1v) is 8.40. The maximum atomic E-state index is 5.77. The first-order chi connectivity index (χ1) is 9.17. The van der Waals surface area contributed by atoms with Crippen LogP contribution in [0.5, 0.6) is 5.75 Å². The number of benzene rings is 1. The van der Waals surface area contributed by atoms with Gasteiger partial charge in [0.25, 0.3) is 0 Å². The van der Waals surface area contributed by atoms with Gasteiger partial charge in [0.2, 0.25) is 0 Å². The molecule has 1 aromatic rings. The Hall–Kier alpha value is -0.670. The molecule has 1 aromatic carbocycles. The van der Waals surface area contributed by atoms with Crippen molar-refractivity contribution in [2.75, 3.05) is 18.1 Å². The van der Waals surface area contributed by atoms with Crippen LogP contribution in [0.1, 0.15) is 45.7 Å². The highest BCUT2D eigenvalue weighted by Crippen LogP contribution is 2.23. The molecular formula is C16H27NOS. The van der Waals surface area contributed by atoms with Crippen molar-refractivity contribution in [2.24, 2.45) is 0 Å². The van der Waals surface area contributed by atoms with E-state index >= 15 is 0 Å². The molecule has 1 unspecified atom stereocenters. The molecule has 1 rings (SSSR count). The molecule has 0 heterocycles. The van der Waals surface area contributed by atoms with Gasteiger partial charge in [0, 0.05) is 11.8 Å². The van der Waals surface area contributed by atoms with Crippen LogP contribution in [0.25, 0.3) is 0 Å². The second-order valence-corrected chi connectivity index (χ2v) is 6.07. The molecule has 2 nitrogen and oxygen atoms in total. The molecule has 0 spiro atoms. The Morgan fingerprint density at radius 3 is 2.68 bits per heavy atom. The summed E-state index contributed by atoms with van der Waals surface area (Å²) in [4.78, 5) is 0. The third-order valence-electron chi connectivity index (χ3n) is 2.72. The lowest BCUT2D eigenvalue weighted by Gasteiger charge is -2.19. The molecule has 0 radical (unpaired) electrons. The van der Waals surface area contributed by atoms with Crippen LogP contribution in [-0.4, -0.2) is 24.2 Å². The van der Waals surface area contributed by atoms with E-state index in [2.05, 4.69) is 51.2 Å². The fraction of sp³-hybridized carbons (Fsp3) is 0.625. The van der Waals surface area contributed by atoms with Crippen molar-refractivity contribution in [3.63, 3.8) is 0 Å². The van der Waals surface area contributed by atoms with Gasteiger partial charge in [-0.15, -0.1) is 0 Å². The van der Waals surface area contributed by atoms with Gasteiger partial charge in [-0.2, -0.15) is 11.8 Å². The second-order valence-electron chi connectivity index (χ2n) is 4.92. The third-order valence-corrected chi connectivity index (χ3v) is 3.98. The summed E-state index contributed by atoms with van der Waals surface area (Å²) in [6, 6.07) is 8.89. The van der Waals surface area contributed by atoms with Crippen LogP contribution in [0, 0.1) is 0 Å². The molecule has 0 fully saturated rings. The number of hydrogen-bond donors (Lipinski definition) is 1. The van der Waals surface area contributed by atoms with E-state index in [1.165, 1.54) is 17.7 Å². The molecule has 108 valence electrons. The van der Waals surface area contributed by atoms with E-state index in [4.69, 9.17) is 4.74 Å². The van der Waals surface area contributed by atoms with E-state index in [1.54, 1.807) is 0 Å². The van der Waals surface area contributed by atoms with Gasteiger partial charge in [-0.1, -0.05) is 26.0 Å². The minimum atomic E-state index is 0.224. The highest BCUT2D eigenvalue weighted by Gasteiger charge is 2.11. The number of ether oxygens (including phenoxy) is 1. The summed E-state index contributed by atoms with van der Waals surface area (Å²) in [5.41, 5.74) is 1.32. The first-order valence-electron chi connectivity index (χ1n) is 7.25. The van der Waals surface area contributed by atoms with Crippen molar-refractivity contribution in [3.05, 3.63) is 29.8 Å². The van der Waals surface area contributed by atoms with Gasteiger partial charge in [-0.3, -0.25) is 0 Å². The summed E-state index contributed by atoms with van der Waals surface area (Å²) in [7, 11) is 0. The van der Waals surface area contributed by atoms with Crippen molar-refractivity contribution in [1.29, 1.82) is 0 Å². The van der Waals surface area contributed by atoms with Crippen LogP contribution in [-0.2, 0) is 0 Å². The number of thioether (sulfide) groups is 1. The van der Waals surface area contributed by atoms with Crippen LogP contribution < -0.4 is 10.1 Å². The summed E-state index contributed by atoms with van der Waals surface area (Å²) in [5.74, 6) is 3.31. The van der Waals surface area contributed by atoms with E-state index in [0.29, 0.717) is 6.04 Å². The Kier molecular flexibility index (Phi) is 7.99. The molecule has 0 saturated carbocycles. The Balaban J connectivity index is 2.71. The van der Waals surface area contributed by atoms with Gasteiger partial charge >= 0.3 is 0 Å². The van der Waals surface area contributed by atoms with Gasteiger partial charge in [0.1, 0.15) is 5.75 Å². The molecule has 0 aliphatic heterocycles. The van der Waals surface area contributed by atoms with Crippen molar-refractivity contribution in [2.45, 2.75) is 46.3 Å². The Morgan fingerprint density at radius 1 is 1.26 bits per heavy atom. The zero-order chi connectivity index (χ0) is 14.1. The van der Waals surface area contributed by atoms with Gasteiger partial charge < -0.3 is 10.1 Å². The molecular weight excluding hydrogens is 254 g/mol. The molecule has 1 N–H and O–H groups in total. The number of nitrogens with one attached hydrogen (secondary N) is 1. The summed E-state index contributed by atoms with van der Waals surface area (Å²) < 4.78 is 5.77. The fourth-order valence-electron chi connectivity index (χ4n) is 1.94. The topological polar surface area (TPSA) is 21.3 Å². The second kappa shape index (κ2) is 9.27. The van der Waals surface area contributed by atoms with Crippen LogP contribution >= 0.6 is 11.8 Å². The van der Waals surface area contributed by atoms with Gasteiger partial charge in [0.05, 0.1) is 6.10 Å². The van der Waals surface area contributed by atoms with Crippen LogP contribution in [0.15, 0.2) is 24.3 Å². The van der Waals surface area contributed by atoms with Crippen molar-refractivity contribution in [1.82, 2.24) is 5.32 Å². The van der Waals surface area contributed by atoms with Crippen LogP contribution in [0.2, 0.25) is 0 Å². The molecule has 0 aliphatic carbocycles. The Labute approximate surface area is 122 Å². The Morgan fingerprint density at radius 2 is 2.05 bits per heavy atom. The van der Waals surface area contributed by atoms with Crippen LogP contribution in [0.3, 0.4) is 0 Å². The zero-order valence-corrected chi connectivity index (χ0v) is 13.4. The average Bonchev–Trinajstić information content (AvgIpc) is 2.37. The van der Waals surface area contributed by atoms with E-state index in [-0.39, 0.29) is 6.10 Å². The minimum absolute atomic E-state index is 0.224. The van der Waals surface area contributed by atoms with Crippen molar-refractivity contribution in [3.8, 4) is 5.75 Å². The standard InChI is InChI=1S/C16H27NOS/c1-5-10-19-12-16(17-6-2)14-8-7-9-15(11-14)18-13(3)4/h7-9,11,13,16-17H,5-6,10,12H2,1-4H3. The van der Waals surface area contributed by atoms with Gasteiger partial charge in [-0.25, -0.2) is 0 Å². The minimum Gasteiger partial charge on any atom is -0.491 e. The lowest BCUT2D eigenvalue weighted by molar-refractivity contribution is 0.242. The van der Waals surface area contributed by atoms with Gasteiger partial charge in [-0.05, 0) is 50.3 Å². The normalized spacial score (nSPS) is 12.7. The molecule has 0 aliphatic rings. The lowest BCUT2D eigenvalue weighted by Crippen LogP contribution is -2.23. The summed E-state index contributed by atoms with van der Waals surface area (Å²) in [6.07, 6.45) is 1.46. The molecule has 1 atom stereocenters. The maximum Gasteiger partial charge on any atom is 0.120 e. The molecule has 3 heteroatoms. The quantitative estimate of drug-likeness (QED) is 0.683. The maximum absolute atomic E-state index is 5.77. The molecule has 0 amide bonds. The molecule has 0 saturated heterocycles. The highest BCUT2D eigenvalue weighted by molar-refractivity contribution is 7.99. The summed E-state index contributed by atoms with van der Waals surface area (Å²) in [5, 5.41) is 3.56. The molecule has 0 bridgehead atoms. The summed E-state index contributed by atoms with van der Waals surface area (Å²) >= 11 is 2.01. The zero-order valence-electron chi connectivity index (χ0n) is 12.6. The van der Waals surface area contributed by atoms with Crippen molar-refractivity contribution >= 4 is 11.8 Å². The molecule has 19 heavy (non-hydrogen) atoms. The highest BCUT2D eigenvalue weighted by atomic mass is 32.2. The lowest BCUT2D eigenvalue weighted by atomic mass is 10.1. The Bertz CT molecular complexity index is 354. The largest absolute Gasteiger partial charge is 0.491 e. The van der Waals surface area contributed by atoms with E-state index in [0.717, 1.165) is 18.0 Å². The van der Waals surface area contributed by atoms with E-state index in [9.17, 15) is 0 Å². The van der Waals surface area contributed by atoms with Crippen LogP contribution in [0.4, 0.5) is 0 Å². The number of rotatable bonds is 9. The smallest absolute Gasteiger partial charge is 0.120 e. The van der Waals surface area contributed by atoms with E-state index in [1.807, 2.05) is 17.8 Å². The predicted molar refractivity (Wildman–Crippen MR) is 86.2 cm³/mol. The van der Waals surface area contributed by atoms with E-state index < -0.39 is 0 Å². The summed E-state index contributed by atoms with van der Waals surface area (Å²) in [6.45, 7) is 9.50. The third kappa shape index (κ3) is 6.35. The first kappa shape index (κ1) is 16.4. The molecule has 0 aromatic heterocycles. The van der Waals surface area contributed by atoms with Gasteiger partial charge in [0.15, 0.2) is 0 Å². The monoisotopic (exact) mass is 281 g/mol. The fourth-order valence-corrected chi connectivity index (χ4v) is 2.94. The average molecular weight is 281 g/mol. The number of hydrogen-bond acceptors (Lipinski definition) is 3. The predicted octanol–water partition coefficient (Wildman–Crippen LogP) is 4.27. The SMILES string of the molecule is CCCSCC(NCC)c1cccc(OC(C)C)c1.